The van der Waals surface area contributed by atoms with Crippen LogP contribution in [0.5, 0.6) is 0 Å². The van der Waals surface area contributed by atoms with Crippen molar-refractivity contribution < 1.29 is 8.83 Å². The maximum Gasteiger partial charge on any atom is 0.145 e. The average molecular weight is 627 g/mol. The molecule has 0 saturated carbocycles. The van der Waals surface area contributed by atoms with E-state index in [9.17, 15) is 0 Å². The van der Waals surface area contributed by atoms with E-state index in [1.807, 2.05) is 17.8 Å². The minimum atomic E-state index is 0.161. The molecular formula is C40H22N2O2S2. The fraction of sp³-hybridized carbons (Fsp3) is 0.0500. The van der Waals surface area contributed by atoms with Gasteiger partial charge in [-0.15, -0.1) is 11.3 Å². The number of aromatic nitrogens is 1. The minimum Gasteiger partial charge on any atom is -0.455 e. The summed E-state index contributed by atoms with van der Waals surface area (Å²) in [5.74, 6) is 0. The van der Waals surface area contributed by atoms with Crippen LogP contribution in [0, 0.1) is 0 Å². The Morgan fingerprint density at radius 2 is 1.20 bits per heavy atom. The van der Waals surface area contributed by atoms with Crippen LogP contribution >= 0.6 is 23.1 Å². The summed E-state index contributed by atoms with van der Waals surface area (Å²) in [5, 5.41) is 11.4. The number of rotatable bonds is 2. The van der Waals surface area contributed by atoms with Gasteiger partial charge >= 0.3 is 0 Å². The van der Waals surface area contributed by atoms with Crippen LogP contribution < -0.4 is 0 Å². The summed E-state index contributed by atoms with van der Waals surface area (Å²) in [6.07, 6.45) is 8.64. The number of benzene rings is 6. The van der Waals surface area contributed by atoms with Crippen LogP contribution in [0.3, 0.4) is 0 Å². The molecule has 0 N–H and O–H groups in total. The average Bonchev–Trinajstić information content (AvgIpc) is 3.73. The normalized spacial score (nSPS) is 17.9. The molecule has 0 radical (unpaired) electrons. The first-order valence-electron chi connectivity index (χ1n) is 15.4. The van der Waals surface area contributed by atoms with Crippen molar-refractivity contribution in [1.82, 2.24) is 4.98 Å². The standard InChI is InChI=1S/C40H22N2O2S2/c1-3-19-31-27(15-1)41-39(45-31)25-13-5-11-23-33-21-9-8-18-30-36(21)34(22-10-7-17-29(35(22)33)43-37(23)25)24-12-6-14-26(38(24)44-30)40-42-28-16-2-4-20-32(28)46-40/h1-20,27,31H. The Morgan fingerprint density at radius 1 is 0.565 bits per heavy atom. The molecule has 0 amide bonds. The molecule has 216 valence electrons. The van der Waals surface area contributed by atoms with Gasteiger partial charge in [-0.25, -0.2) is 4.98 Å². The van der Waals surface area contributed by atoms with Crippen molar-refractivity contribution in [2.24, 2.45) is 4.99 Å². The number of hydrogen-bond acceptors (Lipinski definition) is 6. The zero-order valence-corrected chi connectivity index (χ0v) is 25.9. The Hall–Kier alpha value is -5.17. The van der Waals surface area contributed by atoms with Gasteiger partial charge in [0.05, 0.1) is 27.1 Å². The second-order valence-corrected chi connectivity index (χ2v) is 14.1. The maximum absolute atomic E-state index is 6.89. The first-order valence-corrected chi connectivity index (χ1v) is 17.1. The van der Waals surface area contributed by atoms with Crippen molar-refractivity contribution in [2.75, 3.05) is 0 Å². The lowest BCUT2D eigenvalue weighted by Gasteiger charge is -2.18. The van der Waals surface area contributed by atoms with Gasteiger partial charge in [0.25, 0.3) is 0 Å². The fourth-order valence-electron chi connectivity index (χ4n) is 7.45. The van der Waals surface area contributed by atoms with Crippen molar-refractivity contribution in [3.63, 3.8) is 0 Å². The van der Waals surface area contributed by atoms with Crippen LogP contribution in [0.4, 0.5) is 0 Å². The lowest BCUT2D eigenvalue weighted by atomic mass is 9.89. The molecular weight excluding hydrogens is 605 g/mol. The third-order valence-electron chi connectivity index (χ3n) is 9.41. The Labute approximate surface area is 270 Å². The third kappa shape index (κ3) is 3.35. The number of fused-ring (bicyclic) bond motifs is 8. The van der Waals surface area contributed by atoms with Gasteiger partial charge in [0.15, 0.2) is 0 Å². The number of hydrogen-bond donors (Lipinski definition) is 0. The zero-order chi connectivity index (χ0) is 29.9. The van der Waals surface area contributed by atoms with Crippen LogP contribution in [0.25, 0.3) is 86.2 Å². The van der Waals surface area contributed by atoms with E-state index in [4.69, 9.17) is 18.8 Å². The molecule has 2 atom stereocenters. The quantitative estimate of drug-likeness (QED) is 0.141. The minimum absolute atomic E-state index is 0.161. The van der Waals surface area contributed by atoms with Crippen LogP contribution in [-0.4, -0.2) is 21.3 Å². The number of para-hydroxylation sites is 3. The molecule has 0 spiro atoms. The highest BCUT2D eigenvalue weighted by molar-refractivity contribution is 8.15. The summed E-state index contributed by atoms with van der Waals surface area (Å²) in [6, 6.07) is 34.2. The molecule has 0 bridgehead atoms. The van der Waals surface area contributed by atoms with Crippen molar-refractivity contribution >= 4 is 104 Å². The summed E-state index contributed by atoms with van der Waals surface area (Å²) in [4.78, 5) is 10.1. The molecule has 9 aromatic rings. The van der Waals surface area contributed by atoms with Crippen molar-refractivity contribution in [1.29, 1.82) is 0 Å². The van der Waals surface area contributed by atoms with Gasteiger partial charge in [-0.1, -0.05) is 96.7 Å². The zero-order valence-electron chi connectivity index (χ0n) is 24.2. The first kappa shape index (κ1) is 25.1. The fourth-order valence-corrected chi connectivity index (χ4v) is 9.63. The molecule has 11 rings (SSSR count). The number of aliphatic imine (C=N–C) groups is 1. The lowest BCUT2D eigenvalue weighted by molar-refractivity contribution is 0.661. The van der Waals surface area contributed by atoms with E-state index in [0.29, 0.717) is 5.25 Å². The lowest BCUT2D eigenvalue weighted by Crippen LogP contribution is -2.13. The van der Waals surface area contributed by atoms with Crippen molar-refractivity contribution in [2.45, 2.75) is 11.3 Å². The van der Waals surface area contributed by atoms with Crippen LogP contribution in [0.1, 0.15) is 5.56 Å². The summed E-state index contributed by atoms with van der Waals surface area (Å²) in [7, 11) is 0. The van der Waals surface area contributed by atoms with E-state index in [2.05, 4.69) is 115 Å². The van der Waals surface area contributed by atoms with Crippen LogP contribution in [0.2, 0.25) is 0 Å². The van der Waals surface area contributed by atoms with E-state index >= 15 is 0 Å². The van der Waals surface area contributed by atoms with Gasteiger partial charge in [-0.2, -0.15) is 0 Å². The molecule has 6 aromatic carbocycles. The van der Waals surface area contributed by atoms with E-state index in [1.54, 1.807) is 11.3 Å². The molecule has 6 heteroatoms. The van der Waals surface area contributed by atoms with Gasteiger partial charge in [0, 0.05) is 37.9 Å². The molecule has 4 heterocycles. The van der Waals surface area contributed by atoms with E-state index in [0.717, 1.165) is 81.3 Å². The molecule has 2 unspecified atom stereocenters. The first-order chi connectivity index (χ1) is 22.8. The highest BCUT2D eigenvalue weighted by Gasteiger charge is 2.30. The van der Waals surface area contributed by atoms with Crippen LogP contribution in [0.15, 0.2) is 135 Å². The number of thiazole rings is 1. The number of thioether (sulfide) groups is 1. The number of allylic oxidation sites excluding steroid dienone is 2. The summed E-state index contributed by atoms with van der Waals surface area (Å²) in [5.41, 5.74) is 6.51. The summed E-state index contributed by atoms with van der Waals surface area (Å²) >= 11 is 3.51. The van der Waals surface area contributed by atoms with E-state index < -0.39 is 0 Å². The third-order valence-corrected chi connectivity index (χ3v) is 11.7. The second-order valence-electron chi connectivity index (χ2n) is 11.9. The highest BCUT2D eigenvalue weighted by atomic mass is 32.2. The molecule has 1 aliphatic carbocycles. The molecule has 0 fully saturated rings. The Morgan fingerprint density at radius 3 is 1.91 bits per heavy atom. The van der Waals surface area contributed by atoms with Gasteiger partial charge in [0.2, 0.25) is 0 Å². The predicted octanol–water partition coefficient (Wildman–Crippen LogP) is 11.4. The molecule has 2 aliphatic rings. The molecule has 0 saturated heterocycles. The van der Waals surface area contributed by atoms with Gasteiger partial charge in [-0.05, 0) is 47.2 Å². The monoisotopic (exact) mass is 626 g/mol. The van der Waals surface area contributed by atoms with Crippen LogP contribution in [-0.2, 0) is 0 Å². The molecule has 3 aromatic heterocycles. The SMILES string of the molecule is C1=CC2N=C(c3cccc4c3oc3cccc5c3c4c3cccc4oc6c(-c7nc8ccccc8s7)cccc6c5c43)SC2C=C1. The summed E-state index contributed by atoms with van der Waals surface area (Å²) < 4.78 is 14.9. The number of nitrogens with zero attached hydrogens (tertiary/aromatic N) is 2. The highest BCUT2D eigenvalue weighted by Crippen LogP contribution is 2.48. The molecule has 4 nitrogen and oxygen atoms in total. The molecule has 46 heavy (non-hydrogen) atoms. The van der Waals surface area contributed by atoms with Gasteiger partial charge in [0.1, 0.15) is 32.4 Å². The Kier molecular flexibility index (Phi) is 5.01. The second kappa shape index (κ2) is 9.19. The van der Waals surface area contributed by atoms with Crippen molar-refractivity contribution in [3.05, 3.63) is 127 Å². The van der Waals surface area contributed by atoms with Crippen molar-refractivity contribution in [3.8, 4) is 10.6 Å². The Bertz CT molecular complexity index is 2830. The maximum atomic E-state index is 6.89. The smallest absolute Gasteiger partial charge is 0.145 e. The van der Waals surface area contributed by atoms with Gasteiger partial charge < -0.3 is 8.83 Å². The van der Waals surface area contributed by atoms with E-state index in [1.165, 1.54) is 15.5 Å². The molecule has 1 aliphatic heterocycles. The summed E-state index contributed by atoms with van der Waals surface area (Å²) in [6.45, 7) is 0. The predicted molar refractivity (Wildman–Crippen MR) is 195 cm³/mol. The topological polar surface area (TPSA) is 51.5 Å². The Balaban J connectivity index is 1.26. The van der Waals surface area contributed by atoms with Gasteiger partial charge in [-0.3, -0.25) is 4.99 Å². The largest absolute Gasteiger partial charge is 0.455 e. The van der Waals surface area contributed by atoms with E-state index in [-0.39, 0.29) is 6.04 Å².